The Morgan fingerprint density at radius 2 is 1.63 bits per heavy atom. The number of carbonyl (C=O) groups excluding carboxylic acids is 1. The van der Waals surface area contributed by atoms with Crippen LogP contribution in [0.15, 0.2) is 45.3 Å². The lowest BCUT2D eigenvalue weighted by molar-refractivity contribution is 0.102. The van der Waals surface area contributed by atoms with Gasteiger partial charge in [-0.15, -0.1) is 0 Å². The van der Waals surface area contributed by atoms with E-state index >= 15 is 0 Å². The van der Waals surface area contributed by atoms with E-state index in [1.54, 1.807) is 18.2 Å². The van der Waals surface area contributed by atoms with Crippen LogP contribution in [-0.2, 0) is 0 Å². The number of phenols is 2. The molecule has 0 aliphatic carbocycles. The summed E-state index contributed by atoms with van der Waals surface area (Å²) in [7, 11) is 0. The van der Waals surface area contributed by atoms with Crippen LogP contribution in [0.25, 0.3) is 0 Å². The topological polar surface area (TPSA) is 69.6 Å². The van der Waals surface area contributed by atoms with Crippen LogP contribution in [-0.4, -0.2) is 16.1 Å². The van der Waals surface area contributed by atoms with Gasteiger partial charge in [-0.1, -0.05) is 12.1 Å². The molecule has 2 aromatic carbocycles. The number of anilines is 1. The van der Waals surface area contributed by atoms with Gasteiger partial charge < -0.3 is 15.5 Å². The number of rotatable bonds is 2. The van der Waals surface area contributed by atoms with E-state index in [1.165, 1.54) is 18.2 Å². The van der Waals surface area contributed by atoms with E-state index in [9.17, 15) is 15.0 Å². The molecule has 0 unspecified atom stereocenters. The van der Waals surface area contributed by atoms with Crippen LogP contribution in [0.1, 0.15) is 10.4 Å². The summed E-state index contributed by atoms with van der Waals surface area (Å²) in [5, 5.41) is 21.8. The van der Waals surface area contributed by atoms with E-state index in [0.717, 1.165) is 0 Å². The molecular formula is C13H9Br2NO3. The molecule has 3 N–H and O–H groups in total. The molecule has 0 saturated carbocycles. The summed E-state index contributed by atoms with van der Waals surface area (Å²) < 4.78 is 0.814. The van der Waals surface area contributed by atoms with Crippen LogP contribution in [0.3, 0.4) is 0 Å². The molecule has 1 amide bonds. The van der Waals surface area contributed by atoms with Crippen molar-refractivity contribution in [2.24, 2.45) is 0 Å². The molecule has 19 heavy (non-hydrogen) atoms. The van der Waals surface area contributed by atoms with Crippen molar-refractivity contribution >= 4 is 43.5 Å². The van der Waals surface area contributed by atoms with Crippen molar-refractivity contribution in [1.82, 2.24) is 0 Å². The molecule has 6 heteroatoms. The minimum atomic E-state index is -0.386. The first-order valence-corrected chi connectivity index (χ1v) is 6.85. The average molecular weight is 387 g/mol. The van der Waals surface area contributed by atoms with Crippen molar-refractivity contribution in [2.45, 2.75) is 0 Å². The number of aromatic hydroxyl groups is 2. The van der Waals surface area contributed by atoms with E-state index in [1.807, 2.05) is 0 Å². The second-order valence-electron chi connectivity index (χ2n) is 3.76. The maximum Gasteiger partial charge on any atom is 0.255 e. The summed E-state index contributed by atoms with van der Waals surface area (Å²) >= 11 is 6.31. The van der Waals surface area contributed by atoms with Crippen LogP contribution < -0.4 is 5.32 Å². The Bertz CT molecular complexity index is 621. The van der Waals surface area contributed by atoms with Crippen molar-refractivity contribution in [3.05, 3.63) is 50.9 Å². The lowest BCUT2D eigenvalue weighted by atomic mass is 10.2. The SMILES string of the molecule is O=C(Nc1ccccc1O)c1cc(Br)c(O)c(Br)c1. The summed E-state index contributed by atoms with van der Waals surface area (Å²) in [5.74, 6) is -0.366. The number of nitrogens with one attached hydrogen (secondary N) is 1. The smallest absolute Gasteiger partial charge is 0.255 e. The van der Waals surface area contributed by atoms with Crippen molar-refractivity contribution in [1.29, 1.82) is 0 Å². The zero-order chi connectivity index (χ0) is 14.0. The van der Waals surface area contributed by atoms with Crippen molar-refractivity contribution in [3.63, 3.8) is 0 Å². The Balaban J connectivity index is 2.28. The monoisotopic (exact) mass is 385 g/mol. The fourth-order valence-electron chi connectivity index (χ4n) is 1.47. The minimum absolute atomic E-state index is 0.00670. The van der Waals surface area contributed by atoms with E-state index in [0.29, 0.717) is 20.2 Å². The highest BCUT2D eigenvalue weighted by molar-refractivity contribution is 9.11. The van der Waals surface area contributed by atoms with Crippen molar-refractivity contribution < 1.29 is 15.0 Å². The number of halogens is 2. The predicted molar refractivity (Wildman–Crippen MR) is 79.6 cm³/mol. The van der Waals surface area contributed by atoms with Crippen LogP contribution in [0.5, 0.6) is 11.5 Å². The van der Waals surface area contributed by atoms with Gasteiger partial charge in [0.25, 0.3) is 5.91 Å². The van der Waals surface area contributed by atoms with Gasteiger partial charge >= 0.3 is 0 Å². The summed E-state index contributed by atoms with van der Waals surface area (Å²) in [6.07, 6.45) is 0. The lowest BCUT2D eigenvalue weighted by Gasteiger charge is -2.08. The number of carbonyl (C=O) groups is 1. The maximum atomic E-state index is 12.0. The predicted octanol–water partition coefficient (Wildman–Crippen LogP) is 3.88. The number of benzene rings is 2. The second kappa shape index (κ2) is 5.63. The number of para-hydroxylation sites is 2. The molecule has 0 saturated heterocycles. The minimum Gasteiger partial charge on any atom is -0.506 e. The van der Waals surface area contributed by atoms with Crippen LogP contribution >= 0.6 is 31.9 Å². The Hall–Kier alpha value is -1.53. The quantitative estimate of drug-likeness (QED) is 0.686. The highest BCUT2D eigenvalue weighted by Crippen LogP contribution is 2.33. The fraction of sp³-hybridized carbons (Fsp3) is 0. The molecule has 0 aliphatic rings. The molecule has 2 rings (SSSR count). The van der Waals surface area contributed by atoms with Crippen molar-refractivity contribution in [3.8, 4) is 11.5 Å². The largest absolute Gasteiger partial charge is 0.506 e. The third kappa shape index (κ3) is 3.08. The normalized spacial score (nSPS) is 10.2. The van der Waals surface area contributed by atoms with E-state index < -0.39 is 0 Å². The summed E-state index contributed by atoms with van der Waals surface area (Å²) in [5.41, 5.74) is 0.674. The van der Waals surface area contributed by atoms with Gasteiger partial charge in [-0.3, -0.25) is 4.79 Å². The van der Waals surface area contributed by atoms with E-state index in [-0.39, 0.29) is 17.4 Å². The van der Waals surface area contributed by atoms with Crippen LogP contribution in [0.2, 0.25) is 0 Å². The number of hydrogen-bond donors (Lipinski definition) is 3. The third-order valence-corrected chi connectivity index (χ3v) is 3.64. The van der Waals surface area contributed by atoms with Gasteiger partial charge in [-0.2, -0.15) is 0 Å². The Morgan fingerprint density at radius 1 is 1.05 bits per heavy atom. The van der Waals surface area contributed by atoms with Gasteiger partial charge in [0, 0.05) is 5.56 Å². The van der Waals surface area contributed by atoms with Gasteiger partial charge in [-0.25, -0.2) is 0 Å². The standard InChI is InChI=1S/C13H9Br2NO3/c14-8-5-7(6-9(15)12(8)18)13(19)16-10-3-1-2-4-11(10)17/h1-6,17-18H,(H,16,19). The van der Waals surface area contributed by atoms with Crippen LogP contribution in [0.4, 0.5) is 5.69 Å². The van der Waals surface area contributed by atoms with Gasteiger partial charge in [-0.05, 0) is 56.1 Å². The molecule has 0 heterocycles. The van der Waals surface area contributed by atoms with Gasteiger partial charge in [0.15, 0.2) is 0 Å². The highest BCUT2D eigenvalue weighted by atomic mass is 79.9. The first-order valence-electron chi connectivity index (χ1n) is 5.26. The van der Waals surface area contributed by atoms with Gasteiger partial charge in [0.05, 0.1) is 14.6 Å². The third-order valence-electron chi connectivity index (χ3n) is 2.43. The number of phenolic OH excluding ortho intramolecular Hbond substituents is 2. The molecule has 0 aromatic heterocycles. The number of amides is 1. The molecule has 0 atom stereocenters. The molecule has 2 aromatic rings. The first-order chi connectivity index (χ1) is 8.99. The Kier molecular flexibility index (Phi) is 4.11. The van der Waals surface area contributed by atoms with Gasteiger partial charge in [0.1, 0.15) is 11.5 Å². The van der Waals surface area contributed by atoms with E-state index in [4.69, 9.17) is 0 Å². The van der Waals surface area contributed by atoms with E-state index in [2.05, 4.69) is 37.2 Å². The molecule has 0 spiro atoms. The van der Waals surface area contributed by atoms with Crippen molar-refractivity contribution in [2.75, 3.05) is 5.32 Å². The molecule has 4 nitrogen and oxygen atoms in total. The molecule has 98 valence electrons. The zero-order valence-electron chi connectivity index (χ0n) is 9.52. The summed E-state index contributed by atoms with van der Waals surface area (Å²) in [6.45, 7) is 0. The Labute approximate surface area is 126 Å². The second-order valence-corrected chi connectivity index (χ2v) is 5.47. The lowest BCUT2D eigenvalue weighted by Crippen LogP contribution is -2.12. The molecular weight excluding hydrogens is 378 g/mol. The molecule has 0 aliphatic heterocycles. The van der Waals surface area contributed by atoms with Crippen LogP contribution in [0, 0.1) is 0 Å². The number of hydrogen-bond acceptors (Lipinski definition) is 3. The zero-order valence-corrected chi connectivity index (χ0v) is 12.7. The molecule has 0 fully saturated rings. The first kappa shape index (κ1) is 13.9. The average Bonchev–Trinajstić information content (AvgIpc) is 2.38. The molecule has 0 bridgehead atoms. The Morgan fingerprint density at radius 3 is 2.21 bits per heavy atom. The highest BCUT2D eigenvalue weighted by Gasteiger charge is 2.13. The summed E-state index contributed by atoms with van der Waals surface area (Å²) in [4.78, 5) is 12.0. The maximum absolute atomic E-state index is 12.0. The van der Waals surface area contributed by atoms with Gasteiger partial charge in [0.2, 0.25) is 0 Å². The molecule has 0 radical (unpaired) electrons. The fourth-order valence-corrected chi connectivity index (χ4v) is 2.66. The summed E-state index contributed by atoms with van der Waals surface area (Å²) in [6, 6.07) is 9.44.